The first-order chi connectivity index (χ1) is 6.45. The van der Waals surface area contributed by atoms with Crippen LogP contribution in [0.25, 0.3) is 0 Å². The summed E-state index contributed by atoms with van der Waals surface area (Å²) in [5.74, 6) is 0. The standard InChI is InChI=1S/C11H18N2O/c1-11(2,3)10(12)9-6-4-5-8(7-14)13-9/h4-6,10,14H,7,12H2,1-3H3. The highest BCUT2D eigenvalue weighted by atomic mass is 16.3. The molecule has 3 nitrogen and oxygen atoms in total. The van der Waals surface area contributed by atoms with Crippen molar-refractivity contribution in [2.45, 2.75) is 33.4 Å². The summed E-state index contributed by atoms with van der Waals surface area (Å²) >= 11 is 0. The van der Waals surface area contributed by atoms with E-state index in [4.69, 9.17) is 10.8 Å². The molecule has 0 amide bonds. The third-order valence-corrected chi connectivity index (χ3v) is 2.24. The van der Waals surface area contributed by atoms with Gasteiger partial charge in [-0.2, -0.15) is 0 Å². The Morgan fingerprint density at radius 3 is 2.57 bits per heavy atom. The molecular weight excluding hydrogens is 176 g/mol. The van der Waals surface area contributed by atoms with E-state index in [9.17, 15) is 0 Å². The molecule has 0 radical (unpaired) electrons. The van der Waals surface area contributed by atoms with Gasteiger partial charge in [0.25, 0.3) is 0 Å². The topological polar surface area (TPSA) is 59.1 Å². The maximum atomic E-state index is 8.94. The predicted molar refractivity (Wildman–Crippen MR) is 56.5 cm³/mol. The fraction of sp³-hybridized carbons (Fsp3) is 0.545. The van der Waals surface area contributed by atoms with E-state index in [0.29, 0.717) is 5.69 Å². The number of aliphatic hydroxyl groups is 1. The maximum Gasteiger partial charge on any atom is 0.0853 e. The molecule has 0 aliphatic rings. The van der Waals surface area contributed by atoms with Crippen molar-refractivity contribution in [3.63, 3.8) is 0 Å². The van der Waals surface area contributed by atoms with Crippen molar-refractivity contribution in [2.75, 3.05) is 0 Å². The molecule has 14 heavy (non-hydrogen) atoms. The zero-order valence-corrected chi connectivity index (χ0v) is 8.99. The number of hydrogen-bond donors (Lipinski definition) is 2. The average Bonchev–Trinajstić information content (AvgIpc) is 2.15. The minimum absolute atomic E-state index is 0.0128. The number of nitrogens with zero attached hydrogens (tertiary/aromatic N) is 1. The van der Waals surface area contributed by atoms with Gasteiger partial charge in [0.1, 0.15) is 0 Å². The van der Waals surface area contributed by atoms with Crippen LogP contribution in [0.4, 0.5) is 0 Å². The Kier molecular flexibility index (Phi) is 3.24. The fourth-order valence-corrected chi connectivity index (χ4v) is 1.20. The summed E-state index contributed by atoms with van der Waals surface area (Å²) in [6, 6.07) is 5.46. The van der Waals surface area contributed by atoms with Crippen molar-refractivity contribution in [3.05, 3.63) is 29.6 Å². The second-order valence-corrected chi connectivity index (χ2v) is 4.56. The molecule has 0 aromatic carbocycles. The van der Waals surface area contributed by atoms with Crippen molar-refractivity contribution >= 4 is 0 Å². The van der Waals surface area contributed by atoms with Crippen molar-refractivity contribution in [1.29, 1.82) is 0 Å². The van der Waals surface area contributed by atoms with Crippen LogP contribution in [0.5, 0.6) is 0 Å². The number of aromatic nitrogens is 1. The number of hydrogen-bond acceptors (Lipinski definition) is 3. The Labute approximate surface area is 85.0 Å². The molecule has 1 atom stereocenters. The zero-order chi connectivity index (χ0) is 10.8. The summed E-state index contributed by atoms with van der Waals surface area (Å²) in [5.41, 5.74) is 7.54. The van der Waals surface area contributed by atoms with Gasteiger partial charge < -0.3 is 10.8 Å². The lowest BCUT2D eigenvalue weighted by atomic mass is 9.85. The molecule has 0 bridgehead atoms. The Morgan fingerprint density at radius 2 is 2.07 bits per heavy atom. The quantitative estimate of drug-likeness (QED) is 0.752. The third kappa shape index (κ3) is 2.53. The smallest absolute Gasteiger partial charge is 0.0853 e. The van der Waals surface area contributed by atoms with Crippen LogP contribution in [0.2, 0.25) is 0 Å². The number of nitrogens with two attached hydrogens (primary N) is 1. The molecule has 1 rings (SSSR count). The minimum Gasteiger partial charge on any atom is -0.390 e. The molecule has 1 aromatic rings. The zero-order valence-electron chi connectivity index (χ0n) is 8.99. The second kappa shape index (κ2) is 4.07. The van der Waals surface area contributed by atoms with Crippen molar-refractivity contribution in [3.8, 4) is 0 Å². The van der Waals surface area contributed by atoms with Gasteiger partial charge in [-0.15, -0.1) is 0 Å². The van der Waals surface area contributed by atoms with E-state index in [1.165, 1.54) is 0 Å². The molecule has 0 spiro atoms. The monoisotopic (exact) mass is 194 g/mol. The van der Waals surface area contributed by atoms with Gasteiger partial charge in [0.2, 0.25) is 0 Å². The fourth-order valence-electron chi connectivity index (χ4n) is 1.20. The highest BCUT2D eigenvalue weighted by Gasteiger charge is 2.23. The molecule has 1 unspecified atom stereocenters. The summed E-state index contributed by atoms with van der Waals surface area (Å²) in [4.78, 5) is 4.28. The maximum absolute atomic E-state index is 8.94. The number of rotatable bonds is 2. The summed E-state index contributed by atoms with van der Waals surface area (Å²) in [6.45, 7) is 6.19. The Bertz CT molecular complexity index is 304. The lowest BCUT2D eigenvalue weighted by Gasteiger charge is -2.26. The van der Waals surface area contributed by atoms with E-state index in [0.717, 1.165) is 5.69 Å². The Morgan fingerprint density at radius 1 is 1.43 bits per heavy atom. The van der Waals surface area contributed by atoms with E-state index in [-0.39, 0.29) is 18.1 Å². The van der Waals surface area contributed by atoms with Gasteiger partial charge in [0, 0.05) is 0 Å². The average molecular weight is 194 g/mol. The largest absolute Gasteiger partial charge is 0.390 e. The van der Waals surface area contributed by atoms with Crippen molar-refractivity contribution in [1.82, 2.24) is 4.98 Å². The van der Waals surface area contributed by atoms with Crippen LogP contribution in [0.3, 0.4) is 0 Å². The Hall–Kier alpha value is -0.930. The summed E-state index contributed by atoms with van der Waals surface area (Å²) in [7, 11) is 0. The van der Waals surface area contributed by atoms with Gasteiger partial charge in [0.05, 0.1) is 24.0 Å². The first-order valence-corrected chi connectivity index (χ1v) is 4.77. The highest BCUT2D eigenvalue weighted by molar-refractivity contribution is 5.15. The van der Waals surface area contributed by atoms with Crippen LogP contribution in [0, 0.1) is 5.41 Å². The van der Waals surface area contributed by atoms with E-state index in [1.54, 1.807) is 6.07 Å². The van der Waals surface area contributed by atoms with Gasteiger partial charge in [-0.05, 0) is 17.5 Å². The lowest BCUT2D eigenvalue weighted by molar-refractivity contribution is 0.274. The van der Waals surface area contributed by atoms with E-state index >= 15 is 0 Å². The van der Waals surface area contributed by atoms with Gasteiger partial charge in [-0.3, -0.25) is 4.98 Å². The first-order valence-electron chi connectivity index (χ1n) is 4.77. The Balaban J connectivity index is 2.95. The molecule has 1 aromatic heterocycles. The SMILES string of the molecule is CC(C)(C)C(N)c1cccc(CO)n1. The van der Waals surface area contributed by atoms with Crippen LogP contribution in [0.15, 0.2) is 18.2 Å². The van der Waals surface area contributed by atoms with Crippen LogP contribution in [-0.2, 0) is 6.61 Å². The van der Waals surface area contributed by atoms with Crippen LogP contribution in [-0.4, -0.2) is 10.1 Å². The highest BCUT2D eigenvalue weighted by Crippen LogP contribution is 2.29. The molecule has 0 aliphatic carbocycles. The molecule has 3 heteroatoms. The van der Waals surface area contributed by atoms with Gasteiger partial charge >= 0.3 is 0 Å². The van der Waals surface area contributed by atoms with Crippen molar-refractivity contribution in [2.24, 2.45) is 11.1 Å². The van der Waals surface area contributed by atoms with Crippen molar-refractivity contribution < 1.29 is 5.11 Å². The third-order valence-electron chi connectivity index (χ3n) is 2.24. The molecule has 3 N–H and O–H groups in total. The van der Waals surface area contributed by atoms with E-state index in [1.807, 2.05) is 12.1 Å². The van der Waals surface area contributed by atoms with E-state index < -0.39 is 0 Å². The van der Waals surface area contributed by atoms with Crippen LogP contribution < -0.4 is 5.73 Å². The van der Waals surface area contributed by atoms with Gasteiger partial charge in [0.15, 0.2) is 0 Å². The van der Waals surface area contributed by atoms with E-state index in [2.05, 4.69) is 25.8 Å². The van der Waals surface area contributed by atoms with Gasteiger partial charge in [-0.25, -0.2) is 0 Å². The molecule has 0 fully saturated rings. The van der Waals surface area contributed by atoms with Crippen LogP contribution in [0.1, 0.15) is 38.2 Å². The number of aliphatic hydroxyl groups excluding tert-OH is 1. The van der Waals surface area contributed by atoms with Crippen LogP contribution >= 0.6 is 0 Å². The molecule has 0 saturated heterocycles. The molecule has 0 aliphatic heterocycles. The predicted octanol–water partition coefficient (Wildman–Crippen LogP) is 1.62. The molecule has 1 heterocycles. The lowest BCUT2D eigenvalue weighted by Crippen LogP contribution is -2.27. The summed E-state index contributed by atoms with van der Waals surface area (Å²) in [6.07, 6.45) is 0. The molecule has 0 saturated carbocycles. The normalized spacial score (nSPS) is 14.1. The first kappa shape index (κ1) is 11.1. The minimum atomic E-state index is -0.103. The summed E-state index contributed by atoms with van der Waals surface area (Å²) < 4.78 is 0. The number of pyridine rings is 1. The second-order valence-electron chi connectivity index (χ2n) is 4.56. The van der Waals surface area contributed by atoms with Gasteiger partial charge in [-0.1, -0.05) is 26.8 Å². The summed E-state index contributed by atoms with van der Waals surface area (Å²) in [5, 5.41) is 8.94. The molecular formula is C11H18N2O. The molecule has 78 valence electrons.